The van der Waals surface area contributed by atoms with E-state index in [-0.39, 0.29) is 6.10 Å². The smallest absolute Gasteiger partial charge is 0.0700 e. The van der Waals surface area contributed by atoms with Gasteiger partial charge in [0.15, 0.2) is 0 Å². The van der Waals surface area contributed by atoms with Crippen LogP contribution >= 0.6 is 0 Å². The van der Waals surface area contributed by atoms with Gasteiger partial charge in [-0.05, 0) is 45.1 Å². The molecule has 4 heteroatoms. The number of aliphatic hydroxyl groups excluding tert-OH is 1. The fourth-order valence-electron chi connectivity index (χ4n) is 4.27. The van der Waals surface area contributed by atoms with Gasteiger partial charge in [-0.1, -0.05) is 19.3 Å². The second-order valence-corrected chi connectivity index (χ2v) is 7.43. The minimum Gasteiger partial charge on any atom is -0.393 e. The van der Waals surface area contributed by atoms with Gasteiger partial charge in [0.25, 0.3) is 0 Å². The van der Waals surface area contributed by atoms with Crippen molar-refractivity contribution in [1.29, 1.82) is 0 Å². The van der Waals surface area contributed by atoms with Crippen molar-refractivity contribution < 1.29 is 5.11 Å². The molecule has 124 valence electrons. The lowest BCUT2D eigenvalue weighted by molar-refractivity contribution is 0.0597. The van der Waals surface area contributed by atoms with E-state index in [1.807, 2.05) is 18.7 Å². The number of likely N-dealkylation sites (tertiary alicyclic amines) is 1. The van der Waals surface area contributed by atoms with Crippen molar-refractivity contribution in [2.24, 2.45) is 13.0 Å². The fraction of sp³-hybridized carbons (Fsp3) is 0.833. The lowest BCUT2D eigenvalue weighted by Crippen LogP contribution is -2.39. The minimum atomic E-state index is -0.186. The highest BCUT2D eigenvalue weighted by Crippen LogP contribution is 2.34. The Balaban J connectivity index is 1.69. The average Bonchev–Trinajstić information content (AvgIpc) is 2.89. The Morgan fingerprint density at radius 2 is 2.00 bits per heavy atom. The maximum absolute atomic E-state index is 9.88. The first-order valence-corrected chi connectivity index (χ1v) is 9.06. The van der Waals surface area contributed by atoms with E-state index in [2.05, 4.69) is 11.1 Å². The predicted octanol–water partition coefficient (Wildman–Crippen LogP) is 3.06. The van der Waals surface area contributed by atoms with E-state index < -0.39 is 0 Å². The maximum Gasteiger partial charge on any atom is 0.0700 e. The molecule has 1 aromatic heterocycles. The largest absolute Gasteiger partial charge is 0.393 e. The summed E-state index contributed by atoms with van der Waals surface area (Å²) in [5.74, 6) is 1.10. The van der Waals surface area contributed by atoms with Gasteiger partial charge in [0.1, 0.15) is 0 Å². The lowest BCUT2D eigenvalue weighted by Gasteiger charge is -2.34. The minimum absolute atomic E-state index is 0.186. The molecular formula is C18H31N3O. The van der Waals surface area contributed by atoms with Crippen LogP contribution in [0.5, 0.6) is 0 Å². The Labute approximate surface area is 134 Å². The number of piperidine rings is 1. The Bertz CT molecular complexity index is 477. The first-order valence-electron chi connectivity index (χ1n) is 9.06. The van der Waals surface area contributed by atoms with Gasteiger partial charge in [-0.3, -0.25) is 9.58 Å². The molecule has 0 bridgehead atoms. The SMILES string of the molecule is C[C@H](O)[C@H]1CCCN(Cc2cn(C)nc2C2CCCCC2)C1. The van der Waals surface area contributed by atoms with Crippen molar-refractivity contribution in [3.8, 4) is 0 Å². The van der Waals surface area contributed by atoms with E-state index >= 15 is 0 Å². The Hall–Kier alpha value is -0.870. The molecule has 1 aliphatic heterocycles. The molecule has 0 radical (unpaired) electrons. The molecule has 0 aromatic carbocycles. The quantitative estimate of drug-likeness (QED) is 0.929. The standard InChI is InChI=1S/C18H31N3O/c1-14(22)16-9-6-10-21(12-16)13-17-11-20(2)19-18(17)15-7-4-3-5-8-15/h11,14-16,22H,3-10,12-13H2,1-2H3/t14-,16-/m0/s1. The molecule has 0 unspecified atom stereocenters. The maximum atomic E-state index is 9.88. The predicted molar refractivity (Wildman–Crippen MR) is 88.7 cm³/mol. The van der Waals surface area contributed by atoms with Gasteiger partial charge in [0.2, 0.25) is 0 Å². The van der Waals surface area contributed by atoms with Crippen LogP contribution < -0.4 is 0 Å². The molecule has 1 N–H and O–H groups in total. The van der Waals surface area contributed by atoms with Crippen LogP contribution in [0.3, 0.4) is 0 Å². The molecule has 1 aliphatic carbocycles. The number of nitrogens with zero attached hydrogens (tertiary/aromatic N) is 3. The highest BCUT2D eigenvalue weighted by molar-refractivity contribution is 5.21. The zero-order valence-corrected chi connectivity index (χ0v) is 14.2. The van der Waals surface area contributed by atoms with Gasteiger partial charge >= 0.3 is 0 Å². The van der Waals surface area contributed by atoms with Crippen LogP contribution in [0.1, 0.15) is 69.0 Å². The third-order valence-electron chi connectivity index (χ3n) is 5.55. The number of hydrogen-bond donors (Lipinski definition) is 1. The van der Waals surface area contributed by atoms with E-state index in [0.29, 0.717) is 11.8 Å². The Morgan fingerprint density at radius 1 is 1.23 bits per heavy atom. The van der Waals surface area contributed by atoms with E-state index in [9.17, 15) is 5.11 Å². The number of aryl methyl sites for hydroxylation is 1. The van der Waals surface area contributed by atoms with Crippen molar-refractivity contribution >= 4 is 0 Å². The van der Waals surface area contributed by atoms with Gasteiger partial charge in [0.05, 0.1) is 11.8 Å². The molecule has 1 saturated heterocycles. The van der Waals surface area contributed by atoms with Crippen LogP contribution in [-0.2, 0) is 13.6 Å². The summed E-state index contributed by atoms with van der Waals surface area (Å²) in [5.41, 5.74) is 2.77. The highest BCUT2D eigenvalue weighted by Gasteiger charge is 2.26. The molecular weight excluding hydrogens is 274 g/mol. The summed E-state index contributed by atoms with van der Waals surface area (Å²) in [6.45, 7) is 5.12. The van der Waals surface area contributed by atoms with Crippen molar-refractivity contribution in [3.05, 3.63) is 17.5 Å². The third kappa shape index (κ3) is 3.72. The number of aromatic nitrogens is 2. The van der Waals surface area contributed by atoms with Crippen LogP contribution in [0.25, 0.3) is 0 Å². The van der Waals surface area contributed by atoms with Gasteiger partial charge in [-0.15, -0.1) is 0 Å². The van der Waals surface area contributed by atoms with Crippen molar-refractivity contribution in [2.75, 3.05) is 13.1 Å². The van der Waals surface area contributed by atoms with Crippen LogP contribution in [0.2, 0.25) is 0 Å². The summed E-state index contributed by atoms with van der Waals surface area (Å²) in [5, 5.41) is 14.7. The van der Waals surface area contributed by atoms with Crippen LogP contribution in [-0.4, -0.2) is 39.0 Å². The molecule has 0 amide bonds. The first kappa shape index (κ1) is 16.0. The van der Waals surface area contributed by atoms with Crippen LogP contribution in [0.4, 0.5) is 0 Å². The molecule has 1 aromatic rings. The zero-order valence-electron chi connectivity index (χ0n) is 14.2. The molecule has 2 aliphatic rings. The summed E-state index contributed by atoms with van der Waals surface area (Å²) in [6.07, 6.45) is 11.1. The normalized spacial score (nSPS) is 26.2. The van der Waals surface area contributed by atoms with Crippen molar-refractivity contribution in [1.82, 2.24) is 14.7 Å². The molecule has 22 heavy (non-hydrogen) atoms. The van der Waals surface area contributed by atoms with Crippen molar-refractivity contribution in [3.63, 3.8) is 0 Å². The first-order chi connectivity index (χ1) is 10.6. The van der Waals surface area contributed by atoms with E-state index in [0.717, 1.165) is 26.1 Å². The second-order valence-electron chi connectivity index (χ2n) is 7.43. The summed E-state index contributed by atoms with van der Waals surface area (Å²) in [6, 6.07) is 0. The van der Waals surface area contributed by atoms with E-state index in [4.69, 9.17) is 5.10 Å². The van der Waals surface area contributed by atoms with Crippen molar-refractivity contribution in [2.45, 2.75) is 70.4 Å². The fourth-order valence-corrected chi connectivity index (χ4v) is 4.27. The third-order valence-corrected chi connectivity index (χ3v) is 5.55. The van der Waals surface area contributed by atoms with Gasteiger partial charge in [-0.2, -0.15) is 5.10 Å². The molecule has 2 atom stereocenters. The Kier molecular flexibility index (Phi) is 5.19. The van der Waals surface area contributed by atoms with E-state index in [1.54, 1.807) is 0 Å². The lowest BCUT2D eigenvalue weighted by atomic mass is 9.85. The monoisotopic (exact) mass is 305 g/mol. The topological polar surface area (TPSA) is 41.3 Å². The summed E-state index contributed by atoms with van der Waals surface area (Å²) in [7, 11) is 2.05. The molecule has 4 nitrogen and oxygen atoms in total. The van der Waals surface area contributed by atoms with Crippen LogP contribution in [0, 0.1) is 5.92 Å². The molecule has 1 saturated carbocycles. The summed E-state index contributed by atoms with van der Waals surface area (Å²) >= 11 is 0. The van der Waals surface area contributed by atoms with Crippen LogP contribution in [0.15, 0.2) is 6.20 Å². The highest BCUT2D eigenvalue weighted by atomic mass is 16.3. The number of hydrogen-bond acceptors (Lipinski definition) is 3. The number of aliphatic hydroxyl groups is 1. The summed E-state index contributed by atoms with van der Waals surface area (Å²) in [4.78, 5) is 2.52. The van der Waals surface area contributed by atoms with Gasteiger partial charge in [-0.25, -0.2) is 0 Å². The molecule has 0 spiro atoms. The number of rotatable bonds is 4. The van der Waals surface area contributed by atoms with Gasteiger partial charge in [0, 0.05) is 37.8 Å². The molecule has 2 fully saturated rings. The second kappa shape index (κ2) is 7.14. The van der Waals surface area contributed by atoms with E-state index in [1.165, 1.54) is 49.8 Å². The summed E-state index contributed by atoms with van der Waals surface area (Å²) < 4.78 is 2.00. The molecule has 2 heterocycles. The average molecular weight is 305 g/mol. The van der Waals surface area contributed by atoms with Gasteiger partial charge < -0.3 is 5.11 Å². The molecule has 3 rings (SSSR count). The zero-order chi connectivity index (χ0) is 15.5. The Morgan fingerprint density at radius 3 is 2.73 bits per heavy atom.